The molecule has 0 spiro atoms. The zero-order chi connectivity index (χ0) is 18.7. The van der Waals surface area contributed by atoms with Crippen molar-refractivity contribution >= 4 is 34.8 Å². The highest BCUT2D eigenvalue weighted by molar-refractivity contribution is 7.98. The summed E-state index contributed by atoms with van der Waals surface area (Å²) in [6, 6.07) is 6.00. The number of thioether (sulfide) groups is 1. The molecule has 0 saturated heterocycles. The van der Waals surface area contributed by atoms with Gasteiger partial charge in [0, 0.05) is 24.0 Å². The molecule has 0 aliphatic carbocycles. The Bertz CT molecular complexity index is 908. The van der Waals surface area contributed by atoms with E-state index in [0.717, 1.165) is 46.3 Å². The molecule has 0 bridgehead atoms. The fourth-order valence-corrected chi connectivity index (χ4v) is 3.71. The third kappa shape index (κ3) is 3.48. The van der Waals surface area contributed by atoms with Crippen LogP contribution in [0.25, 0.3) is 16.9 Å². The van der Waals surface area contributed by atoms with Crippen LogP contribution in [0, 0.1) is 0 Å². The number of hydrogen-bond acceptors (Lipinski definition) is 5. The Labute approximate surface area is 163 Å². The predicted molar refractivity (Wildman–Crippen MR) is 110 cm³/mol. The Morgan fingerprint density at radius 2 is 2.08 bits per heavy atom. The van der Waals surface area contributed by atoms with E-state index in [-0.39, 0.29) is 0 Å². The second kappa shape index (κ2) is 8.18. The summed E-state index contributed by atoms with van der Waals surface area (Å²) in [5.74, 6) is 1.73. The van der Waals surface area contributed by atoms with Gasteiger partial charge in [0.15, 0.2) is 5.65 Å². The number of rotatable bonds is 7. The van der Waals surface area contributed by atoms with Gasteiger partial charge < -0.3 is 10.1 Å². The Morgan fingerprint density at radius 1 is 1.31 bits per heavy atom. The monoisotopic (exact) mass is 390 g/mol. The van der Waals surface area contributed by atoms with Crippen LogP contribution in [-0.2, 0) is 0 Å². The average Bonchev–Trinajstić information content (AvgIpc) is 3.03. The molecule has 1 aromatic carbocycles. The van der Waals surface area contributed by atoms with Crippen molar-refractivity contribution in [2.45, 2.75) is 37.8 Å². The summed E-state index contributed by atoms with van der Waals surface area (Å²) < 4.78 is 7.31. The molecule has 0 fully saturated rings. The van der Waals surface area contributed by atoms with Gasteiger partial charge in [0.1, 0.15) is 22.3 Å². The molecule has 1 N–H and O–H groups in total. The summed E-state index contributed by atoms with van der Waals surface area (Å²) >= 11 is 8.10. The lowest BCUT2D eigenvalue weighted by Gasteiger charge is -2.16. The number of nitrogens with one attached hydrogen (secondary N) is 1. The van der Waals surface area contributed by atoms with Crippen molar-refractivity contribution in [2.75, 3.05) is 18.7 Å². The van der Waals surface area contributed by atoms with E-state index in [1.54, 1.807) is 31.1 Å². The van der Waals surface area contributed by atoms with Crippen LogP contribution in [0.2, 0.25) is 5.02 Å². The highest BCUT2D eigenvalue weighted by Gasteiger charge is 2.19. The highest BCUT2D eigenvalue weighted by Crippen LogP contribution is 2.35. The van der Waals surface area contributed by atoms with E-state index in [1.165, 1.54) is 0 Å². The maximum atomic E-state index is 6.47. The Kier molecular flexibility index (Phi) is 5.94. The molecule has 0 atom stereocenters. The van der Waals surface area contributed by atoms with Gasteiger partial charge in [0.05, 0.1) is 12.1 Å². The first-order valence-corrected chi connectivity index (χ1v) is 10.2. The topological polar surface area (TPSA) is 51.5 Å². The number of anilines is 1. The SMILES string of the molecule is CCC(CC)Nc1c(SC)nc2c(-c3ccc(OC)cc3Cl)nccn12. The molecular weight excluding hydrogens is 368 g/mol. The van der Waals surface area contributed by atoms with Gasteiger partial charge in [0.2, 0.25) is 0 Å². The Hall–Kier alpha value is -1.92. The smallest absolute Gasteiger partial charge is 0.166 e. The summed E-state index contributed by atoms with van der Waals surface area (Å²) in [5, 5.41) is 5.18. The van der Waals surface area contributed by atoms with Crippen LogP contribution in [0.15, 0.2) is 35.6 Å². The van der Waals surface area contributed by atoms with Gasteiger partial charge in [-0.05, 0) is 37.3 Å². The van der Waals surface area contributed by atoms with Crippen LogP contribution in [0.4, 0.5) is 5.82 Å². The third-order valence-corrected chi connectivity index (χ3v) is 5.45. The molecule has 26 heavy (non-hydrogen) atoms. The lowest BCUT2D eigenvalue weighted by Crippen LogP contribution is -2.18. The van der Waals surface area contributed by atoms with E-state index >= 15 is 0 Å². The molecular formula is C19H23ClN4OS. The maximum Gasteiger partial charge on any atom is 0.166 e. The first-order chi connectivity index (χ1) is 12.6. The van der Waals surface area contributed by atoms with E-state index in [9.17, 15) is 0 Å². The molecule has 5 nitrogen and oxygen atoms in total. The number of halogens is 1. The van der Waals surface area contributed by atoms with E-state index in [1.807, 2.05) is 24.6 Å². The maximum absolute atomic E-state index is 6.47. The molecule has 7 heteroatoms. The van der Waals surface area contributed by atoms with Crippen molar-refractivity contribution in [3.63, 3.8) is 0 Å². The van der Waals surface area contributed by atoms with Gasteiger partial charge in [-0.25, -0.2) is 4.98 Å². The van der Waals surface area contributed by atoms with Crippen LogP contribution in [0.1, 0.15) is 26.7 Å². The molecule has 0 amide bonds. The molecule has 3 rings (SSSR count). The number of imidazole rings is 1. The van der Waals surface area contributed by atoms with Crippen molar-refractivity contribution in [1.82, 2.24) is 14.4 Å². The minimum atomic E-state index is 0.405. The van der Waals surface area contributed by atoms with Crippen molar-refractivity contribution in [1.29, 1.82) is 0 Å². The van der Waals surface area contributed by atoms with Crippen LogP contribution in [-0.4, -0.2) is 33.8 Å². The van der Waals surface area contributed by atoms with Crippen molar-refractivity contribution in [3.05, 3.63) is 35.6 Å². The quantitative estimate of drug-likeness (QED) is 0.549. The normalized spacial score (nSPS) is 11.3. The van der Waals surface area contributed by atoms with Crippen LogP contribution in [0.3, 0.4) is 0 Å². The molecule has 0 aliphatic heterocycles. The first kappa shape index (κ1) is 18.9. The summed E-state index contributed by atoms with van der Waals surface area (Å²) in [7, 11) is 1.62. The molecule has 3 aromatic rings. The molecule has 2 aromatic heterocycles. The molecule has 0 radical (unpaired) electrons. The molecule has 0 saturated carbocycles. The largest absolute Gasteiger partial charge is 0.497 e. The molecule has 2 heterocycles. The van der Waals surface area contributed by atoms with E-state index in [0.29, 0.717) is 11.1 Å². The number of benzene rings is 1. The summed E-state index contributed by atoms with van der Waals surface area (Å²) in [5.41, 5.74) is 2.38. The number of hydrogen-bond donors (Lipinski definition) is 1. The lowest BCUT2D eigenvalue weighted by atomic mass is 10.1. The van der Waals surface area contributed by atoms with Gasteiger partial charge >= 0.3 is 0 Å². The summed E-state index contributed by atoms with van der Waals surface area (Å²) in [6.45, 7) is 4.38. The van der Waals surface area contributed by atoms with Crippen LogP contribution < -0.4 is 10.1 Å². The van der Waals surface area contributed by atoms with Gasteiger partial charge in [-0.3, -0.25) is 9.38 Å². The van der Waals surface area contributed by atoms with Crippen LogP contribution in [0.5, 0.6) is 5.75 Å². The van der Waals surface area contributed by atoms with Crippen LogP contribution >= 0.6 is 23.4 Å². The number of methoxy groups -OCH3 is 1. The Balaban J connectivity index is 2.16. The van der Waals surface area contributed by atoms with E-state index in [4.69, 9.17) is 21.3 Å². The average molecular weight is 391 g/mol. The number of nitrogens with zero attached hydrogens (tertiary/aromatic N) is 3. The van der Waals surface area contributed by atoms with Gasteiger partial charge in [-0.15, -0.1) is 11.8 Å². The van der Waals surface area contributed by atoms with Gasteiger partial charge in [-0.2, -0.15) is 0 Å². The minimum absolute atomic E-state index is 0.405. The number of aromatic nitrogens is 3. The highest BCUT2D eigenvalue weighted by atomic mass is 35.5. The first-order valence-electron chi connectivity index (χ1n) is 8.64. The zero-order valence-corrected chi connectivity index (χ0v) is 17.0. The van der Waals surface area contributed by atoms with Gasteiger partial charge in [0.25, 0.3) is 0 Å². The second-order valence-electron chi connectivity index (χ2n) is 5.94. The summed E-state index contributed by atoms with van der Waals surface area (Å²) in [6.07, 6.45) is 7.87. The van der Waals surface area contributed by atoms with E-state index < -0.39 is 0 Å². The minimum Gasteiger partial charge on any atom is -0.497 e. The van der Waals surface area contributed by atoms with E-state index in [2.05, 4.69) is 28.5 Å². The lowest BCUT2D eigenvalue weighted by molar-refractivity contribution is 0.415. The van der Waals surface area contributed by atoms with Crippen molar-refractivity contribution in [3.8, 4) is 17.0 Å². The Morgan fingerprint density at radius 3 is 2.69 bits per heavy atom. The predicted octanol–water partition coefficient (Wildman–Crippen LogP) is 5.38. The molecule has 138 valence electrons. The zero-order valence-electron chi connectivity index (χ0n) is 15.4. The standard InChI is InChI=1S/C19H23ClN4OS/c1-5-12(6-2)22-18-19(26-4)23-17-16(21-9-10-24(17)18)14-8-7-13(25-3)11-15(14)20/h7-12,22H,5-6H2,1-4H3. The third-order valence-electron chi connectivity index (χ3n) is 4.46. The van der Waals surface area contributed by atoms with Gasteiger partial charge in [-0.1, -0.05) is 25.4 Å². The molecule has 0 aliphatic rings. The van der Waals surface area contributed by atoms with Crippen molar-refractivity contribution < 1.29 is 4.74 Å². The second-order valence-corrected chi connectivity index (χ2v) is 7.14. The molecule has 0 unspecified atom stereocenters. The fraction of sp³-hybridized carbons (Fsp3) is 0.368. The fourth-order valence-electron chi connectivity index (χ4n) is 2.92. The number of ether oxygens (including phenoxy) is 1. The number of fused-ring (bicyclic) bond motifs is 1. The summed E-state index contributed by atoms with van der Waals surface area (Å²) in [4.78, 5) is 9.38. The van der Waals surface area contributed by atoms with Crippen molar-refractivity contribution in [2.24, 2.45) is 0 Å².